The van der Waals surface area contributed by atoms with Crippen molar-refractivity contribution in [2.24, 2.45) is 0 Å². The van der Waals surface area contributed by atoms with Gasteiger partial charge in [-0.3, -0.25) is 4.79 Å². The summed E-state index contributed by atoms with van der Waals surface area (Å²) >= 11 is 0. The Labute approximate surface area is 107 Å². The van der Waals surface area contributed by atoms with E-state index in [1.807, 2.05) is 24.1 Å². The minimum Gasteiger partial charge on any atom is -0.374 e. The van der Waals surface area contributed by atoms with Gasteiger partial charge in [-0.15, -0.1) is 0 Å². The number of aromatic nitrogens is 1. The second kappa shape index (κ2) is 4.76. The van der Waals surface area contributed by atoms with Gasteiger partial charge in [0.25, 0.3) is 5.91 Å². The van der Waals surface area contributed by atoms with Crippen LogP contribution in [-0.4, -0.2) is 41.1 Å². The Morgan fingerprint density at radius 2 is 2.28 bits per heavy atom. The Bertz CT molecular complexity index is 439. The Morgan fingerprint density at radius 3 is 3.06 bits per heavy atom. The van der Waals surface area contributed by atoms with Crippen LogP contribution in [0.25, 0.3) is 0 Å². The van der Waals surface area contributed by atoms with Gasteiger partial charge in [0.05, 0.1) is 24.3 Å². The Kier molecular flexibility index (Phi) is 3.12. The van der Waals surface area contributed by atoms with E-state index in [0.717, 1.165) is 30.6 Å². The van der Waals surface area contributed by atoms with Crippen LogP contribution in [0, 0.1) is 6.92 Å². The molecule has 1 aromatic heterocycles. The van der Waals surface area contributed by atoms with Crippen LogP contribution in [0.4, 0.5) is 0 Å². The van der Waals surface area contributed by atoms with Gasteiger partial charge in [-0.05, 0) is 25.8 Å². The van der Waals surface area contributed by atoms with Gasteiger partial charge in [-0.2, -0.15) is 0 Å². The number of nitrogens with one attached hydrogen (secondary N) is 1. The molecule has 98 valence electrons. The molecule has 1 saturated heterocycles. The number of carbonyl (C=O) groups is 1. The van der Waals surface area contributed by atoms with E-state index in [0.29, 0.717) is 6.61 Å². The second-order valence-electron chi connectivity index (χ2n) is 5.28. The van der Waals surface area contributed by atoms with E-state index in [1.54, 1.807) is 0 Å². The molecule has 1 N–H and O–H groups in total. The molecule has 2 atom stereocenters. The molecular formula is C14H20N2O2. The molecule has 0 spiro atoms. The van der Waals surface area contributed by atoms with Gasteiger partial charge in [0.2, 0.25) is 0 Å². The maximum absolute atomic E-state index is 12.6. The maximum atomic E-state index is 12.6. The molecule has 1 aromatic rings. The van der Waals surface area contributed by atoms with Crippen LogP contribution in [0.1, 0.15) is 41.7 Å². The maximum Gasteiger partial charge on any atom is 0.256 e. The largest absolute Gasteiger partial charge is 0.374 e. The molecule has 2 fully saturated rings. The molecule has 1 saturated carbocycles. The predicted octanol–water partition coefficient (Wildman–Crippen LogP) is 2.11. The molecule has 4 nitrogen and oxygen atoms in total. The van der Waals surface area contributed by atoms with Crippen LogP contribution in [0.15, 0.2) is 12.3 Å². The third kappa shape index (κ3) is 1.94. The monoisotopic (exact) mass is 248 g/mol. The highest BCUT2D eigenvalue weighted by molar-refractivity contribution is 5.95. The normalized spacial score (nSPS) is 27.9. The summed E-state index contributed by atoms with van der Waals surface area (Å²) in [7, 11) is 0. The summed E-state index contributed by atoms with van der Waals surface area (Å²) in [6.07, 6.45) is 6.71. The molecule has 1 amide bonds. The fourth-order valence-corrected chi connectivity index (χ4v) is 3.19. The predicted molar refractivity (Wildman–Crippen MR) is 68.6 cm³/mol. The number of hydrogen-bond donors (Lipinski definition) is 1. The first-order valence-electron chi connectivity index (χ1n) is 6.84. The first kappa shape index (κ1) is 11.8. The fourth-order valence-electron chi connectivity index (χ4n) is 3.19. The van der Waals surface area contributed by atoms with E-state index in [-0.39, 0.29) is 18.1 Å². The van der Waals surface area contributed by atoms with Crippen LogP contribution in [0.3, 0.4) is 0 Å². The Balaban J connectivity index is 1.82. The Hall–Kier alpha value is -1.29. The van der Waals surface area contributed by atoms with Gasteiger partial charge in [0.1, 0.15) is 0 Å². The lowest BCUT2D eigenvalue weighted by molar-refractivity contribution is -0.0752. The van der Waals surface area contributed by atoms with Gasteiger partial charge < -0.3 is 14.6 Å². The number of ether oxygens (including phenoxy) is 1. The second-order valence-corrected chi connectivity index (χ2v) is 5.28. The summed E-state index contributed by atoms with van der Waals surface area (Å²) < 4.78 is 5.81. The average molecular weight is 248 g/mol. The molecule has 3 rings (SSSR count). The van der Waals surface area contributed by atoms with Crippen molar-refractivity contribution < 1.29 is 9.53 Å². The lowest BCUT2D eigenvalue weighted by Gasteiger charge is -2.43. The average Bonchev–Trinajstić information content (AvgIpc) is 2.83. The van der Waals surface area contributed by atoms with E-state index < -0.39 is 0 Å². The zero-order chi connectivity index (χ0) is 12.5. The summed E-state index contributed by atoms with van der Waals surface area (Å²) in [5.74, 6) is 0.161. The zero-order valence-electron chi connectivity index (χ0n) is 10.8. The molecule has 2 heterocycles. The third-order valence-corrected chi connectivity index (χ3v) is 4.18. The van der Waals surface area contributed by atoms with Crippen molar-refractivity contribution >= 4 is 5.91 Å². The van der Waals surface area contributed by atoms with E-state index in [1.165, 1.54) is 12.8 Å². The summed E-state index contributed by atoms with van der Waals surface area (Å²) in [6.45, 7) is 3.35. The topological polar surface area (TPSA) is 45.3 Å². The first-order chi connectivity index (χ1) is 8.77. The fraction of sp³-hybridized carbons (Fsp3) is 0.643. The van der Waals surface area contributed by atoms with Crippen LogP contribution < -0.4 is 0 Å². The number of carbonyl (C=O) groups excluding carboxylic acids is 1. The van der Waals surface area contributed by atoms with Gasteiger partial charge in [-0.25, -0.2) is 0 Å². The highest BCUT2D eigenvalue weighted by Gasteiger charge is 2.37. The lowest BCUT2D eigenvalue weighted by atomic mass is 9.89. The van der Waals surface area contributed by atoms with Crippen molar-refractivity contribution in [1.29, 1.82) is 0 Å². The number of amides is 1. The van der Waals surface area contributed by atoms with Crippen LogP contribution in [0.5, 0.6) is 0 Å². The molecule has 18 heavy (non-hydrogen) atoms. The number of aryl methyl sites for hydroxylation is 1. The van der Waals surface area contributed by atoms with Crippen LogP contribution >= 0.6 is 0 Å². The minimum absolute atomic E-state index is 0.161. The zero-order valence-corrected chi connectivity index (χ0v) is 10.8. The van der Waals surface area contributed by atoms with Crippen LogP contribution in [-0.2, 0) is 4.74 Å². The van der Waals surface area contributed by atoms with Crippen molar-refractivity contribution in [1.82, 2.24) is 9.88 Å². The number of fused-ring (bicyclic) bond motifs is 1. The molecule has 4 heteroatoms. The summed E-state index contributed by atoms with van der Waals surface area (Å²) in [6, 6.07) is 2.17. The summed E-state index contributed by atoms with van der Waals surface area (Å²) in [5.41, 5.74) is 1.76. The number of rotatable bonds is 1. The number of H-pyrrole nitrogens is 1. The van der Waals surface area contributed by atoms with Gasteiger partial charge in [0, 0.05) is 18.4 Å². The molecule has 2 aliphatic rings. The lowest BCUT2D eigenvalue weighted by Crippen LogP contribution is -2.54. The number of morpholine rings is 1. The molecule has 2 unspecified atom stereocenters. The SMILES string of the molecule is Cc1[nH]ccc1C(=O)N1CCOC2CCCCC21. The molecule has 1 aliphatic heterocycles. The van der Waals surface area contributed by atoms with Crippen molar-refractivity contribution in [2.75, 3.05) is 13.2 Å². The summed E-state index contributed by atoms with van der Waals surface area (Å²) in [5, 5.41) is 0. The quantitative estimate of drug-likeness (QED) is 0.827. The third-order valence-electron chi connectivity index (χ3n) is 4.18. The van der Waals surface area contributed by atoms with Crippen molar-refractivity contribution in [2.45, 2.75) is 44.8 Å². The number of nitrogens with zero attached hydrogens (tertiary/aromatic N) is 1. The van der Waals surface area contributed by atoms with E-state index in [2.05, 4.69) is 4.98 Å². The standard InChI is InChI=1S/C14H20N2O2/c1-10-11(6-7-15-10)14(17)16-8-9-18-13-5-3-2-4-12(13)16/h6-7,12-13,15H,2-5,8-9H2,1H3. The number of hydrogen-bond acceptors (Lipinski definition) is 2. The van der Waals surface area contributed by atoms with Gasteiger partial charge in [-0.1, -0.05) is 12.8 Å². The van der Waals surface area contributed by atoms with E-state index in [4.69, 9.17) is 4.74 Å². The molecule has 0 radical (unpaired) electrons. The molecular weight excluding hydrogens is 228 g/mol. The smallest absolute Gasteiger partial charge is 0.256 e. The van der Waals surface area contributed by atoms with Gasteiger partial charge >= 0.3 is 0 Å². The van der Waals surface area contributed by atoms with E-state index >= 15 is 0 Å². The van der Waals surface area contributed by atoms with Crippen molar-refractivity contribution in [3.63, 3.8) is 0 Å². The highest BCUT2D eigenvalue weighted by Crippen LogP contribution is 2.29. The van der Waals surface area contributed by atoms with E-state index in [9.17, 15) is 4.79 Å². The molecule has 0 bridgehead atoms. The highest BCUT2D eigenvalue weighted by atomic mass is 16.5. The molecule has 1 aliphatic carbocycles. The first-order valence-corrected chi connectivity index (χ1v) is 6.84. The van der Waals surface area contributed by atoms with Crippen molar-refractivity contribution in [3.8, 4) is 0 Å². The molecule has 0 aromatic carbocycles. The van der Waals surface area contributed by atoms with Gasteiger partial charge in [0.15, 0.2) is 0 Å². The summed E-state index contributed by atoms with van der Waals surface area (Å²) in [4.78, 5) is 17.7. The van der Waals surface area contributed by atoms with Crippen LogP contribution in [0.2, 0.25) is 0 Å². The Morgan fingerprint density at radius 1 is 1.44 bits per heavy atom. The minimum atomic E-state index is 0.161. The van der Waals surface area contributed by atoms with Crippen molar-refractivity contribution in [3.05, 3.63) is 23.5 Å². The number of aromatic amines is 1.